The van der Waals surface area contributed by atoms with E-state index in [1.54, 1.807) is 0 Å². The maximum absolute atomic E-state index is 10.8. The number of aliphatic hydroxyl groups is 2. The van der Waals surface area contributed by atoms with E-state index in [-0.39, 0.29) is 25.6 Å². The molecule has 0 aromatic heterocycles. The number of carbonyl (C=O) groups is 1. The Hall–Kier alpha value is -1.81. The van der Waals surface area contributed by atoms with Crippen molar-refractivity contribution in [1.82, 2.24) is 10.6 Å². The Labute approximate surface area is 74.7 Å². The predicted molar refractivity (Wildman–Crippen MR) is 43.9 cm³/mol. The van der Waals surface area contributed by atoms with Crippen molar-refractivity contribution in [1.29, 1.82) is 5.39 Å². The third kappa shape index (κ3) is 6.58. The van der Waals surface area contributed by atoms with Crippen LogP contribution in [0.5, 0.6) is 0 Å². The summed E-state index contributed by atoms with van der Waals surface area (Å²) in [4.78, 5) is 13.3. The van der Waals surface area contributed by atoms with E-state index in [4.69, 9.17) is 15.6 Å². The van der Waals surface area contributed by atoms with E-state index in [0.717, 1.165) is 6.20 Å². The van der Waals surface area contributed by atoms with Crippen molar-refractivity contribution in [3.8, 4) is 0 Å². The van der Waals surface area contributed by atoms with Gasteiger partial charge in [-0.3, -0.25) is 4.79 Å². The van der Waals surface area contributed by atoms with Crippen LogP contribution >= 0.6 is 0 Å². The van der Waals surface area contributed by atoms with E-state index < -0.39 is 5.88 Å². The van der Waals surface area contributed by atoms with Gasteiger partial charge in [0.1, 0.15) is 0 Å². The maximum atomic E-state index is 10.8. The molecule has 7 heteroatoms. The second-order valence-electron chi connectivity index (χ2n) is 2.06. The van der Waals surface area contributed by atoms with Crippen LogP contribution in [0.25, 0.3) is 4.98 Å². The van der Waals surface area contributed by atoms with Crippen molar-refractivity contribution in [2.75, 3.05) is 19.7 Å². The number of diazo groups is 1. The molecule has 0 saturated heterocycles. The van der Waals surface area contributed by atoms with Crippen molar-refractivity contribution >= 4 is 5.91 Å². The molecular weight excluding hydrogens is 176 g/mol. The average molecular weight is 187 g/mol. The van der Waals surface area contributed by atoms with Crippen LogP contribution in [0, 0.1) is 5.39 Å². The largest absolute Gasteiger partial charge is 0.490 e. The summed E-state index contributed by atoms with van der Waals surface area (Å²) < 4.78 is 0. The smallest absolute Gasteiger partial charge is 0.409 e. The quantitative estimate of drug-likeness (QED) is 0.322. The zero-order valence-corrected chi connectivity index (χ0v) is 6.90. The number of carbonyl (C=O) groups excluding carboxylic acids is 1. The Morgan fingerprint density at radius 1 is 1.54 bits per heavy atom. The second-order valence-corrected chi connectivity index (χ2v) is 2.06. The van der Waals surface area contributed by atoms with E-state index in [2.05, 4.69) is 15.6 Å². The minimum Gasteiger partial charge on any atom is -0.490 e. The van der Waals surface area contributed by atoms with Gasteiger partial charge in [0.05, 0.1) is 13.2 Å². The summed E-state index contributed by atoms with van der Waals surface area (Å²) in [7, 11) is 0. The molecule has 4 N–H and O–H groups in total. The lowest BCUT2D eigenvalue weighted by molar-refractivity contribution is -0.120. The number of hydrogen-bond acceptors (Lipinski definition) is 5. The summed E-state index contributed by atoms with van der Waals surface area (Å²) >= 11 is 0. The Bertz CT molecular complexity index is 233. The monoisotopic (exact) mass is 187 g/mol. The molecule has 0 aliphatic heterocycles. The van der Waals surface area contributed by atoms with Crippen molar-refractivity contribution in [2.45, 2.75) is 0 Å². The van der Waals surface area contributed by atoms with Crippen LogP contribution in [0.3, 0.4) is 0 Å². The van der Waals surface area contributed by atoms with Gasteiger partial charge in [-0.2, -0.15) is 0 Å². The molecule has 0 aromatic carbocycles. The summed E-state index contributed by atoms with van der Waals surface area (Å²) in [6, 6.07) is 0. The molecule has 0 heterocycles. The molecule has 0 atom stereocenters. The van der Waals surface area contributed by atoms with E-state index in [9.17, 15) is 4.79 Å². The van der Waals surface area contributed by atoms with Gasteiger partial charge in [0, 0.05) is 6.54 Å². The summed E-state index contributed by atoms with van der Waals surface area (Å²) in [5, 5.41) is 29.7. The molecule has 1 amide bonds. The molecule has 0 fully saturated rings. The van der Waals surface area contributed by atoms with Gasteiger partial charge in [0.15, 0.2) is 4.98 Å². The Kier molecular flexibility index (Phi) is 5.92. The fraction of sp³-hybridized carbons (Fsp3) is 0.500. The number of nitrogens with zero attached hydrogens (tertiary/aromatic N) is 2. The average Bonchev–Trinajstić information content (AvgIpc) is 2.12. The van der Waals surface area contributed by atoms with Crippen LogP contribution < -0.4 is 10.6 Å². The fourth-order valence-electron chi connectivity index (χ4n) is 0.529. The van der Waals surface area contributed by atoms with Crippen LogP contribution in [0.2, 0.25) is 0 Å². The van der Waals surface area contributed by atoms with Crippen molar-refractivity contribution in [3.63, 3.8) is 0 Å². The molecule has 0 aliphatic carbocycles. The SMILES string of the molecule is N#[N+]C=C(O)NCC(=O)NCCO. The summed E-state index contributed by atoms with van der Waals surface area (Å²) in [5.41, 5.74) is 0. The highest BCUT2D eigenvalue weighted by atomic mass is 16.3. The lowest BCUT2D eigenvalue weighted by atomic mass is 10.5. The zero-order chi connectivity index (χ0) is 10.1. The number of rotatable bonds is 5. The first-order valence-electron chi connectivity index (χ1n) is 3.55. The van der Waals surface area contributed by atoms with Gasteiger partial charge >= 0.3 is 6.20 Å². The molecule has 13 heavy (non-hydrogen) atoms. The van der Waals surface area contributed by atoms with Crippen LogP contribution in [-0.4, -0.2) is 35.8 Å². The van der Waals surface area contributed by atoms with Gasteiger partial charge in [-0.25, -0.2) is 0 Å². The standard InChI is InChI=1S/C6H10N4O3/c7-10-4-6(13)9-3-5(12)8-1-2-11/h4,9,11H,1-3H2,(H-,8,12,13)/p+1. The van der Waals surface area contributed by atoms with Gasteiger partial charge in [-0.05, 0) is 0 Å². The maximum Gasteiger partial charge on any atom is 0.409 e. The van der Waals surface area contributed by atoms with Crippen molar-refractivity contribution in [2.24, 2.45) is 0 Å². The van der Waals surface area contributed by atoms with Gasteiger partial charge < -0.3 is 20.8 Å². The summed E-state index contributed by atoms with van der Waals surface area (Å²) in [5.74, 6) is -0.798. The first kappa shape index (κ1) is 11.2. The van der Waals surface area contributed by atoms with Crippen LogP contribution in [0.4, 0.5) is 0 Å². The van der Waals surface area contributed by atoms with Gasteiger partial charge in [-0.15, -0.1) is 0 Å². The van der Waals surface area contributed by atoms with Gasteiger partial charge in [-0.1, -0.05) is 0 Å². The first-order valence-corrected chi connectivity index (χ1v) is 3.55. The van der Waals surface area contributed by atoms with Gasteiger partial charge in [0.2, 0.25) is 11.3 Å². The number of amides is 1. The minimum atomic E-state index is -0.415. The summed E-state index contributed by atoms with van der Waals surface area (Å²) in [6.07, 6.45) is 0.749. The lowest BCUT2D eigenvalue weighted by Gasteiger charge is -2.02. The predicted octanol–water partition coefficient (Wildman–Crippen LogP) is -1.11. The highest BCUT2D eigenvalue weighted by Gasteiger charge is 2.02. The zero-order valence-electron chi connectivity index (χ0n) is 6.90. The third-order valence-corrected chi connectivity index (χ3v) is 1.04. The molecular formula is C6H11N4O3+. The molecule has 0 radical (unpaired) electrons. The highest BCUT2D eigenvalue weighted by molar-refractivity contribution is 5.78. The normalized spacial score (nSPS) is 10.3. The fourth-order valence-corrected chi connectivity index (χ4v) is 0.529. The topological polar surface area (TPSA) is 110 Å². The molecule has 0 aromatic rings. The summed E-state index contributed by atoms with van der Waals surface area (Å²) in [6.45, 7) is -0.132. The van der Waals surface area contributed by atoms with Gasteiger partial charge in [0.25, 0.3) is 5.88 Å². The third-order valence-electron chi connectivity index (χ3n) is 1.04. The van der Waals surface area contributed by atoms with Crippen LogP contribution in [0.15, 0.2) is 12.1 Å². The lowest BCUT2D eigenvalue weighted by Crippen LogP contribution is -2.34. The first-order chi connectivity index (χ1) is 6.20. The molecule has 0 unspecified atom stereocenters. The van der Waals surface area contributed by atoms with E-state index in [0.29, 0.717) is 0 Å². The molecule has 0 spiro atoms. The molecule has 0 rings (SSSR count). The van der Waals surface area contributed by atoms with E-state index in [1.807, 2.05) is 0 Å². The van der Waals surface area contributed by atoms with Crippen LogP contribution in [-0.2, 0) is 4.79 Å². The number of nitrogens with one attached hydrogen (secondary N) is 2. The number of aliphatic hydroxyl groups excluding tert-OH is 2. The molecule has 7 nitrogen and oxygen atoms in total. The molecule has 72 valence electrons. The Morgan fingerprint density at radius 3 is 2.77 bits per heavy atom. The number of hydrogen-bond donors (Lipinski definition) is 4. The van der Waals surface area contributed by atoms with Crippen molar-refractivity contribution < 1.29 is 15.0 Å². The second kappa shape index (κ2) is 6.87. The molecule has 0 saturated carbocycles. The molecule has 0 bridgehead atoms. The Morgan fingerprint density at radius 2 is 2.23 bits per heavy atom. The minimum absolute atomic E-state index is 0.139. The van der Waals surface area contributed by atoms with E-state index >= 15 is 0 Å². The van der Waals surface area contributed by atoms with Crippen molar-refractivity contribution in [3.05, 3.63) is 17.1 Å². The molecule has 0 aliphatic rings. The highest BCUT2D eigenvalue weighted by Crippen LogP contribution is 1.80. The Balaban J connectivity index is 3.59. The van der Waals surface area contributed by atoms with Crippen LogP contribution in [0.1, 0.15) is 0 Å². The van der Waals surface area contributed by atoms with E-state index in [1.165, 1.54) is 0 Å².